The molecular weight excluding hydrogens is 960 g/mol. The Kier molecular flexibility index (Phi) is 13.5. The number of carbonyl (C=O) groups excluding carboxylic acids is 5. The number of aromatic nitrogens is 2. The van der Waals surface area contributed by atoms with Gasteiger partial charge < -0.3 is 35.2 Å². The van der Waals surface area contributed by atoms with Crippen molar-refractivity contribution in [2.45, 2.75) is 69.4 Å². The average Bonchev–Trinajstić information content (AvgIpc) is 3.88. The van der Waals surface area contributed by atoms with Gasteiger partial charge in [0.2, 0.25) is 23.6 Å². The number of piperazine rings is 1. The zero-order valence-electron chi connectivity index (χ0n) is 41.0. The van der Waals surface area contributed by atoms with Crippen molar-refractivity contribution in [2.75, 3.05) is 62.7 Å². The van der Waals surface area contributed by atoms with E-state index in [0.717, 1.165) is 35.0 Å². The molecular formula is C54H58ClF2N9O7. The van der Waals surface area contributed by atoms with E-state index in [0.29, 0.717) is 76.3 Å². The zero-order chi connectivity index (χ0) is 51.3. The predicted octanol–water partition coefficient (Wildman–Crippen LogP) is 7.37. The summed E-state index contributed by atoms with van der Waals surface area (Å²) in [5.41, 5.74) is 7.05. The molecule has 4 fully saturated rings. The Hall–Kier alpha value is -7.21. The van der Waals surface area contributed by atoms with E-state index in [2.05, 4.69) is 26.7 Å². The highest BCUT2D eigenvalue weighted by Crippen LogP contribution is 2.57. The van der Waals surface area contributed by atoms with E-state index in [1.54, 1.807) is 4.68 Å². The van der Waals surface area contributed by atoms with E-state index in [9.17, 15) is 24.0 Å². The van der Waals surface area contributed by atoms with Crippen LogP contribution in [0.4, 0.5) is 25.1 Å². The van der Waals surface area contributed by atoms with Crippen LogP contribution in [0.3, 0.4) is 0 Å². The molecule has 10 rings (SSSR count). The second kappa shape index (κ2) is 20.0. The van der Waals surface area contributed by atoms with Crippen molar-refractivity contribution in [3.05, 3.63) is 112 Å². The van der Waals surface area contributed by atoms with Crippen molar-refractivity contribution in [3.63, 3.8) is 0 Å². The lowest BCUT2D eigenvalue weighted by atomic mass is 9.77. The Balaban J connectivity index is 0.732. The number of imide groups is 1. The van der Waals surface area contributed by atoms with Crippen LogP contribution in [0.2, 0.25) is 5.02 Å². The minimum Gasteiger partial charge on any atom is -0.494 e. The minimum atomic E-state index is -1.21. The molecule has 6 amide bonds. The second-order valence-electron chi connectivity index (χ2n) is 19.7. The number of nitrogens with zero attached hydrogens (tertiary/aromatic N) is 6. The topological polar surface area (TPSA) is 185 Å². The lowest BCUT2D eigenvalue weighted by molar-refractivity contribution is -0.143. The van der Waals surface area contributed by atoms with Gasteiger partial charge in [0.1, 0.15) is 11.6 Å². The summed E-state index contributed by atoms with van der Waals surface area (Å²) in [6.45, 7) is 5.77. The lowest BCUT2D eigenvalue weighted by Gasteiger charge is -2.40. The van der Waals surface area contributed by atoms with Gasteiger partial charge in [-0.1, -0.05) is 48.9 Å². The fraction of sp³-hybridized carbons (Fsp3) is 0.407. The molecule has 382 valence electrons. The number of primary amides is 1. The minimum absolute atomic E-state index is 0.0380. The number of ether oxygens (including phenoxy) is 2. The van der Waals surface area contributed by atoms with Gasteiger partial charge in [0.25, 0.3) is 0 Å². The number of hydrogen-bond acceptors (Lipinski definition) is 10. The number of methoxy groups -OCH3 is 1. The maximum atomic E-state index is 16.2. The zero-order valence-corrected chi connectivity index (χ0v) is 41.7. The lowest BCUT2D eigenvalue weighted by Crippen LogP contribution is -2.52. The number of urea groups is 1. The first-order valence-electron chi connectivity index (χ1n) is 24.9. The smallest absolute Gasteiger partial charge is 0.329 e. The largest absolute Gasteiger partial charge is 0.494 e. The summed E-state index contributed by atoms with van der Waals surface area (Å²) in [4.78, 5) is 72.3. The summed E-state index contributed by atoms with van der Waals surface area (Å²) in [5.74, 6) is -3.04. The molecule has 4 aromatic carbocycles. The van der Waals surface area contributed by atoms with Gasteiger partial charge in [0, 0.05) is 117 Å². The standard InChI is InChI=1S/C54H58ClF2N9O7/c1-31-44-42(30-39(56)47(55)46(44)45-38(49(58)68)15-16-41(72-3)48(45)57)73-54(31,34-7-5-4-6-8-34)20-21-59-35-11-9-32(10-12-35)51(69)64-22-17-33(18-23-64)52(70)65-27-25-63(26-28-65)36-13-14-37-40(29-36)62(2)61-50(37)66-24-19-43(67)60-53(66)71/h4-8,13-16,20-21,29-33,35,59H,9-12,17-19,22-28H2,1-3H3,(H2,58,68)(H,60,67,71)/b21-20-/t31-,32?,35?,54?/m0/s1. The molecule has 19 heteroatoms. The molecule has 1 aromatic heterocycles. The number of hydrogen-bond donors (Lipinski definition) is 3. The predicted molar refractivity (Wildman–Crippen MR) is 271 cm³/mol. The van der Waals surface area contributed by atoms with Crippen molar-refractivity contribution in [1.82, 2.24) is 30.2 Å². The van der Waals surface area contributed by atoms with Crippen LogP contribution in [-0.4, -0.2) is 108 Å². The highest BCUT2D eigenvalue weighted by molar-refractivity contribution is 6.34. The third-order valence-electron chi connectivity index (χ3n) is 15.6. The highest BCUT2D eigenvalue weighted by atomic mass is 35.5. The number of benzene rings is 4. The molecule has 16 nitrogen and oxygen atoms in total. The summed E-state index contributed by atoms with van der Waals surface area (Å²) in [6, 6.07) is 18.8. The van der Waals surface area contributed by atoms with Crippen LogP contribution in [0.5, 0.6) is 11.5 Å². The van der Waals surface area contributed by atoms with Crippen LogP contribution in [0.1, 0.15) is 79.3 Å². The molecule has 5 aromatic rings. The van der Waals surface area contributed by atoms with Gasteiger partial charge >= 0.3 is 6.03 Å². The molecule has 73 heavy (non-hydrogen) atoms. The maximum absolute atomic E-state index is 16.2. The van der Waals surface area contributed by atoms with Gasteiger partial charge in [-0.05, 0) is 86.7 Å². The van der Waals surface area contributed by atoms with E-state index >= 15 is 8.78 Å². The maximum Gasteiger partial charge on any atom is 0.329 e. The molecule has 3 saturated heterocycles. The second-order valence-corrected chi connectivity index (χ2v) is 20.1. The molecule has 1 unspecified atom stereocenters. The van der Waals surface area contributed by atoms with Crippen LogP contribution < -0.4 is 35.6 Å². The number of amides is 6. The molecule has 4 N–H and O–H groups in total. The van der Waals surface area contributed by atoms with Gasteiger partial charge in [-0.15, -0.1) is 0 Å². The number of fused-ring (bicyclic) bond motifs is 2. The summed E-state index contributed by atoms with van der Waals surface area (Å²) < 4.78 is 45.6. The summed E-state index contributed by atoms with van der Waals surface area (Å²) in [6.07, 6.45) is 8.11. The first-order chi connectivity index (χ1) is 35.2. The summed E-state index contributed by atoms with van der Waals surface area (Å²) in [7, 11) is 3.12. The van der Waals surface area contributed by atoms with Crippen molar-refractivity contribution < 1.29 is 42.2 Å². The van der Waals surface area contributed by atoms with Crippen LogP contribution in [0.15, 0.2) is 79.0 Å². The SMILES string of the molecule is COc1ccc(C(N)=O)c(-c2c(Cl)c(F)cc3c2[C@H](C)C(/C=C\NC2CCC(C(=O)N4CCC(C(=O)N5CCN(c6ccc7c(N8CCC(=O)NC8=O)nn(C)c7c6)CC5)CC4)CC2)(c2ccccc2)O3)c1F. The summed E-state index contributed by atoms with van der Waals surface area (Å²) in [5, 5.41) is 10.9. The Bertz CT molecular complexity index is 3040. The molecule has 4 aliphatic heterocycles. The van der Waals surface area contributed by atoms with E-state index in [1.165, 1.54) is 30.2 Å². The highest BCUT2D eigenvalue weighted by Gasteiger charge is 2.49. The van der Waals surface area contributed by atoms with Crippen LogP contribution in [0.25, 0.3) is 22.0 Å². The van der Waals surface area contributed by atoms with Crippen molar-refractivity contribution in [2.24, 2.45) is 24.6 Å². The number of anilines is 2. The average molecular weight is 1020 g/mol. The molecule has 0 spiro atoms. The number of nitrogens with one attached hydrogen (secondary N) is 2. The Labute approximate surface area is 426 Å². The number of aryl methyl sites for hydroxylation is 1. The number of halogens is 3. The Morgan fingerprint density at radius 2 is 1.56 bits per heavy atom. The monoisotopic (exact) mass is 1020 g/mol. The van der Waals surface area contributed by atoms with Gasteiger partial charge in [-0.3, -0.25) is 34.1 Å². The van der Waals surface area contributed by atoms with Crippen molar-refractivity contribution >= 4 is 63.7 Å². The third-order valence-corrected chi connectivity index (χ3v) is 16.0. The fourth-order valence-corrected chi connectivity index (χ4v) is 11.8. The molecule has 5 heterocycles. The molecule has 2 atom stereocenters. The number of piperidine rings is 1. The van der Waals surface area contributed by atoms with E-state index in [-0.39, 0.29) is 81.8 Å². The first-order valence-corrected chi connectivity index (χ1v) is 25.3. The van der Waals surface area contributed by atoms with Gasteiger partial charge in [-0.25, -0.2) is 13.6 Å². The van der Waals surface area contributed by atoms with Gasteiger partial charge in [-0.2, -0.15) is 5.10 Å². The van der Waals surface area contributed by atoms with Crippen LogP contribution in [-0.2, 0) is 27.0 Å². The Morgan fingerprint density at radius 1 is 0.877 bits per heavy atom. The van der Waals surface area contributed by atoms with Gasteiger partial charge in [0.05, 0.1) is 23.2 Å². The fourth-order valence-electron chi connectivity index (χ4n) is 11.6. The number of rotatable bonds is 11. The Morgan fingerprint density at radius 3 is 2.23 bits per heavy atom. The van der Waals surface area contributed by atoms with E-state index < -0.39 is 35.1 Å². The molecule has 5 aliphatic rings. The van der Waals surface area contributed by atoms with E-state index in [1.807, 2.05) is 78.5 Å². The van der Waals surface area contributed by atoms with Gasteiger partial charge in [0.15, 0.2) is 23.0 Å². The number of carbonyl (C=O) groups is 5. The number of nitrogens with two attached hydrogens (primary N) is 1. The molecule has 1 aliphatic carbocycles. The number of likely N-dealkylation sites (tertiary alicyclic amines) is 1. The normalized spacial score (nSPS) is 22.6. The molecule has 0 radical (unpaired) electrons. The molecule has 1 saturated carbocycles. The van der Waals surface area contributed by atoms with Crippen LogP contribution >= 0.6 is 11.6 Å². The molecule has 0 bridgehead atoms. The quantitative estimate of drug-likeness (QED) is 0.121. The van der Waals surface area contributed by atoms with E-state index in [4.69, 9.17) is 26.8 Å². The van der Waals surface area contributed by atoms with Crippen LogP contribution in [0, 0.1) is 23.5 Å². The first kappa shape index (κ1) is 49.4. The summed E-state index contributed by atoms with van der Waals surface area (Å²) >= 11 is 6.67. The third kappa shape index (κ3) is 9.07. The van der Waals surface area contributed by atoms with Crippen molar-refractivity contribution in [3.8, 4) is 22.6 Å². The van der Waals surface area contributed by atoms with Crippen molar-refractivity contribution in [1.29, 1.82) is 0 Å².